The van der Waals surface area contributed by atoms with E-state index < -0.39 is 0 Å². The monoisotopic (exact) mass is 223 g/mol. The zero-order chi connectivity index (χ0) is 9.38. The van der Waals surface area contributed by atoms with E-state index in [4.69, 9.17) is 0 Å². The highest BCUT2D eigenvalue weighted by atomic mass is 32.1. The Morgan fingerprint density at radius 1 is 1.43 bits per heavy atom. The molecule has 0 aromatic carbocycles. The molecule has 0 aliphatic carbocycles. The average Bonchev–Trinajstić information content (AvgIpc) is 2.86. The summed E-state index contributed by atoms with van der Waals surface area (Å²) >= 11 is 3.45. The fourth-order valence-corrected chi connectivity index (χ4v) is 3.31. The summed E-state index contributed by atoms with van der Waals surface area (Å²) in [6.07, 6.45) is 2.95. The molecule has 3 nitrogen and oxygen atoms in total. The summed E-state index contributed by atoms with van der Waals surface area (Å²) < 4.78 is 0. The van der Waals surface area contributed by atoms with Crippen LogP contribution in [0.5, 0.6) is 0 Å². The van der Waals surface area contributed by atoms with Gasteiger partial charge in [0.25, 0.3) is 0 Å². The molecule has 5 heteroatoms. The lowest BCUT2D eigenvalue weighted by molar-refractivity contribution is 0.644. The van der Waals surface area contributed by atoms with E-state index in [0.29, 0.717) is 0 Å². The quantitative estimate of drug-likeness (QED) is 0.802. The van der Waals surface area contributed by atoms with E-state index >= 15 is 0 Å². The molecule has 72 valence electrons. The van der Waals surface area contributed by atoms with E-state index in [1.807, 2.05) is 11.7 Å². The number of thiazole rings is 2. The van der Waals surface area contributed by atoms with Crippen molar-refractivity contribution in [3.8, 4) is 9.88 Å². The fourth-order valence-electron chi connectivity index (χ4n) is 1.55. The summed E-state index contributed by atoms with van der Waals surface area (Å²) in [4.78, 5) is 11.3. The first-order valence-electron chi connectivity index (χ1n) is 4.51. The molecule has 0 bridgehead atoms. The van der Waals surface area contributed by atoms with Gasteiger partial charge in [-0.2, -0.15) is 0 Å². The third-order valence-corrected chi connectivity index (χ3v) is 4.29. The van der Waals surface area contributed by atoms with Crippen molar-refractivity contribution in [2.45, 2.75) is 13.0 Å². The van der Waals surface area contributed by atoms with Crippen molar-refractivity contribution < 1.29 is 0 Å². The Kier molecular flexibility index (Phi) is 2.08. The van der Waals surface area contributed by atoms with E-state index in [1.54, 1.807) is 22.7 Å². The molecular weight excluding hydrogens is 214 g/mol. The lowest BCUT2D eigenvalue weighted by atomic mass is 10.2. The highest BCUT2D eigenvalue weighted by molar-refractivity contribution is 7.20. The first-order valence-corrected chi connectivity index (χ1v) is 6.21. The fraction of sp³-hybridized carbons (Fsp3) is 0.333. The van der Waals surface area contributed by atoms with Gasteiger partial charge in [0.05, 0.1) is 16.1 Å². The van der Waals surface area contributed by atoms with Gasteiger partial charge >= 0.3 is 0 Å². The van der Waals surface area contributed by atoms with Gasteiger partial charge in [0.15, 0.2) is 0 Å². The minimum absolute atomic E-state index is 0.978. The molecule has 2 aromatic rings. The van der Waals surface area contributed by atoms with Gasteiger partial charge in [0.1, 0.15) is 5.01 Å². The maximum Gasteiger partial charge on any atom is 0.135 e. The van der Waals surface area contributed by atoms with Crippen LogP contribution in [0.2, 0.25) is 0 Å². The van der Waals surface area contributed by atoms with E-state index in [0.717, 1.165) is 24.5 Å². The number of hydrogen-bond acceptors (Lipinski definition) is 5. The lowest BCUT2D eigenvalue weighted by Gasteiger charge is -2.09. The van der Waals surface area contributed by atoms with E-state index in [2.05, 4.69) is 15.3 Å². The van der Waals surface area contributed by atoms with Crippen LogP contribution < -0.4 is 5.32 Å². The van der Waals surface area contributed by atoms with Gasteiger partial charge in [-0.05, 0) is 0 Å². The van der Waals surface area contributed by atoms with Crippen molar-refractivity contribution in [3.63, 3.8) is 0 Å². The third kappa shape index (κ3) is 1.37. The molecule has 0 fully saturated rings. The van der Waals surface area contributed by atoms with Crippen LogP contribution >= 0.6 is 22.7 Å². The molecule has 0 amide bonds. The van der Waals surface area contributed by atoms with Gasteiger partial charge in [-0.15, -0.1) is 22.7 Å². The molecular formula is C9H9N3S2. The Hall–Kier alpha value is -0.780. The molecule has 1 N–H and O–H groups in total. The van der Waals surface area contributed by atoms with Crippen molar-refractivity contribution in [1.29, 1.82) is 0 Å². The highest BCUT2D eigenvalue weighted by Gasteiger charge is 2.15. The Morgan fingerprint density at radius 3 is 3.21 bits per heavy atom. The number of aromatic nitrogens is 2. The number of rotatable bonds is 1. The number of nitrogens with one attached hydrogen (secondary N) is 1. The Labute approximate surface area is 89.8 Å². The molecule has 0 spiro atoms. The van der Waals surface area contributed by atoms with Crippen LogP contribution in [-0.4, -0.2) is 16.5 Å². The second-order valence-electron chi connectivity index (χ2n) is 3.18. The minimum atomic E-state index is 0.978. The third-order valence-electron chi connectivity index (χ3n) is 2.25. The van der Waals surface area contributed by atoms with Crippen LogP contribution in [-0.2, 0) is 13.0 Å². The summed E-state index contributed by atoms with van der Waals surface area (Å²) in [6, 6.07) is 0. The second-order valence-corrected chi connectivity index (χ2v) is 5.15. The summed E-state index contributed by atoms with van der Waals surface area (Å²) in [5.74, 6) is 0. The van der Waals surface area contributed by atoms with Gasteiger partial charge in [-0.25, -0.2) is 4.98 Å². The van der Waals surface area contributed by atoms with Gasteiger partial charge in [-0.3, -0.25) is 4.98 Å². The predicted octanol–water partition coefficient (Wildman–Crippen LogP) is 1.91. The lowest BCUT2D eigenvalue weighted by Crippen LogP contribution is -2.22. The number of hydrogen-bond donors (Lipinski definition) is 1. The number of nitrogens with zero attached hydrogens (tertiary/aromatic N) is 2. The van der Waals surface area contributed by atoms with Crippen LogP contribution in [0.1, 0.15) is 10.6 Å². The maximum atomic E-state index is 4.64. The molecule has 1 aliphatic rings. The SMILES string of the molecule is c1ncc(-c2nc3c(s2)CNCC3)s1. The van der Waals surface area contributed by atoms with E-state index in [1.165, 1.54) is 15.4 Å². The Morgan fingerprint density at radius 2 is 2.43 bits per heavy atom. The molecule has 0 radical (unpaired) electrons. The van der Waals surface area contributed by atoms with Crippen LogP contribution in [0, 0.1) is 0 Å². The van der Waals surface area contributed by atoms with Gasteiger partial charge in [0.2, 0.25) is 0 Å². The van der Waals surface area contributed by atoms with Crippen molar-refractivity contribution in [3.05, 3.63) is 22.3 Å². The molecule has 3 rings (SSSR count). The highest BCUT2D eigenvalue weighted by Crippen LogP contribution is 2.31. The first-order chi connectivity index (χ1) is 6.93. The van der Waals surface area contributed by atoms with Crippen LogP contribution in [0.3, 0.4) is 0 Å². The van der Waals surface area contributed by atoms with Crippen LogP contribution in [0.15, 0.2) is 11.7 Å². The topological polar surface area (TPSA) is 37.8 Å². The van der Waals surface area contributed by atoms with E-state index in [9.17, 15) is 0 Å². The molecule has 1 aliphatic heterocycles. The Balaban J connectivity index is 2.04. The van der Waals surface area contributed by atoms with Gasteiger partial charge in [0, 0.05) is 30.6 Å². The van der Waals surface area contributed by atoms with Crippen molar-refractivity contribution in [2.24, 2.45) is 0 Å². The summed E-state index contributed by atoms with van der Waals surface area (Å²) in [7, 11) is 0. The molecule has 0 atom stereocenters. The molecule has 3 heterocycles. The van der Waals surface area contributed by atoms with Crippen LogP contribution in [0.4, 0.5) is 0 Å². The maximum absolute atomic E-state index is 4.64. The molecule has 0 unspecified atom stereocenters. The van der Waals surface area contributed by atoms with Gasteiger partial charge in [-0.1, -0.05) is 0 Å². The average molecular weight is 223 g/mol. The van der Waals surface area contributed by atoms with E-state index in [-0.39, 0.29) is 0 Å². The first kappa shape index (κ1) is 8.52. The largest absolute Gasteiger partial charge is 0.311 e. The normalized spacial score (nSPS) is 15.4. The van der Waals surface area contributed by atoms with Crippen molar-refractivity contribution in [1.82, 2.24) is 15.3 Å². The zero-order valence-electron chi connectivity index (χ0n) is 7.49. The molecule has 0 saturated carbocycles. The van der Waals surface area contributed by atoms with Gasteiger partial charge < -0.3 is 5.32 Å². The number of fused-ring (bicyclic) bond motifs is 1. The molecule has 0 saturated heterocycles. The predicted molar refractivity (Wildman–Crippen MR) is 58.6 cm³/mol. The molecule has 14 heavy (non-hydrogen) atoms. The zero-order valence-corrected chi connectivity index (χ0v) is 9.12. The summed E-state index contributed by atoms with van der Waals surface area (Å²) in [5, 5.41) is 4.48. The smallest absolute Gasteiger partial charge is 0.135 e. The Bertz CT molecular complexity index is 409. The van der Waals surface area contributed by atoms with Crippen LogP contribution in [0.25, 0.3) is 9.88 Å². The molecule has 2 aromatic heterocycles. The standard InChI is InChI=1S/C9H9N3S2/c1-2-10-3-7-6(1)12-9(14-7)8-4-11-5-13-8/h4-5,10H,1-3H2. The second kappa shape index (κ2) is 3.42. The minimum Gasteiger partial charge on any atom is -0.311 e. The van der Waals surface area contributed by atoms with Crippen molar-refractivity contribution in [2.75, 3.05) is 6.54 Å². The summed E-state index contributed by atoms with van der Waals surface area (Å²) in [6.45, 7) is 2.03. The summed E-state index contributed by atoms with van der Waals surface area (Å²) in [5.41, 5.74) is 3.13. The van der Waals surface area contributed by atoms with Crippen molar-refractivity contribution >= 4 is 22.7 Å².